The fourth-order valence-electron chi connectivity index (χ4n) is 2.97. The maximum Gasteiger partial charge on any atom is 0.267 e. The van der Waals surface area contributed by atoms with Crippen LogP contribution in [-0.4, -0.2) is 53.9 Å². The Hall–Kier alpha value is -3.31. The van der Waals surface area contributed by atoms with E-state index in [1.54, 1.807) is 57.6 Å². The number of rotatable bonds is 11. The summed E-state index contributed by atoms with van der Waals surface area (Å²) in [5.41, 5.74) is 1.43. The quantitative estimate of drug-likeness (QED) is 0.313. The Kier molecular flexibility index (Phi) is 10.1. The van der Waals surface area contributed by atoms with Crippen molar-refractivity contribution >= 4 is 39.3 Å². The summed E-state index contributed by atoms with van der Waals surface area (Å²) in [6.45, 7) is 2.59. The van der Waals surface area contributed by atoms with Crippen molar-refractivity contribution in [2.75, 3.05) is 34.4 Å². The number of benzene rings is 2. The third kappa shape index (κ3) is 7.63. The molecule has 0 bridgehead atoms. The van der Waals surface area contributed by atoms with E-state index in [1.807, 2.05) is 0 Å². The Bertz CT molecular complexity index is 1150. The molecule has 3 N–H and O–H groups in total. The summed E-state index contributed by atoms with van der Waals surface area (Å²) in [7, 11) is 0.557. The Morgan fingerprint density at radius 2 is 1.74 bits per heavy atom. The fourth-order valence-corrected chi connectivity index (χ4v) is 4.59. The molecule has 0 aromatic heterocycles. The molecule has 0 spiro atoms. The number of sulfonamides is 1. The first-order valence-electron chi connectivity index (χ1n) is 10.4. The number of hydrogen-bond donors (Lipinski definition) is 3. The Morgan fingerprint density at radius 1 is 1.00 bits per heavy atom. The first-order chi connectivity index (χ1) is 16.2. The molecule has 0 aliphatic heterocycles. The number of carbonyl (C=O) groups excluding carboxylic acids is 1. The maximum absolute atomic E-state index is 12.7. The maximum atomic E-state index is 12.7. The van der Waals surface area contributed by atoms with Gasteiger partial charge in [0.2, 0.25) is 5.91 Å². The van der Waals surface area contributed by atoms with Gasteiger partial charge in [0, 0.05) is 30.8 Å². The van der Waals surface area contributed by atoms with Crippen molar-refractivity contribution in [2.45, 2.75) is 18.2 Å². The average Bonchev–Trinajstić information content (AvgIpc) is 2.82. The standard InChI is InChI=1S/C23H29N3O6S2/c1-5-24-23(33)26-34(28,29)21-14-16(6-10-19(21)31-3)12-13-25-22(27)11-8-17-7-9-18(30-2)15-20(17)32-4/h6-11,14-15H,5,12-13H2,1-4H3,(H,25,27)(H2,24,26,33). The second-order valence-electron chi connectivity index (χ2n) is 6.93. The van der Waals surface area contributed by atoms with Crippen LogP contribution in [0.3, 0.4) is 0 Å². The zero-order chi connectivity index (χ0) is 25.1. The molecule has 9 nitrogen and oxygen atoms in total. The second-order valence-corrected chi connectivity index (χ2v) is 8.99. The van der Waals surface area contributed by atoms with E-state index in [9.17, 15) is 13.2 Å². The van der Waals surface area contributed by atoms with Crippen LogP contribution >= 0.6 is 12.2 Å². The van der Waals surface area contributed by atoms with Crippen molar-refractivity contribution in [3.63, 3.8) is 0 Å². The van der Waals surface area contributed by atoms with Gasteiger partial charge in [0.15, 0.2) is 5.11 Å². The number of carbonyl (C=O) groups is 1. The molecule has 0 radical (unpaired) electrons. The minimum absolute atomic E-state index is 0.00231. The molecule has 2 aromatic carbocycles. The van der Waals surface area contributed by atoms with Gasteiger partial charge in [-0.3, -0.25) is 9.52 Å². The zero-order valence-electron chi connectivity index (χ0n) is 19.5. The molecule has 0 aliphatic carbocycles. The lowest BCUT2D eigenvalue weighted by atomic mass is 10.1. The third-order valence-electron chi connectivity index (χ3n) is 4.65. The zero-order valence-corrected chi connectivity index (χ0v) is 21.1. The highest BCUT2D eigenvalue weighted by Gasteiger charge is 2.21. The lowest BCUT2D eigenvalue weighted by Crippen LogP contribution is -2.39. The number of thiocarbonyl (C=S) groups is 1. The summed E-state index contributed by atoms with van der Waals surface area (Å²) in [6.07, 6.45) is 3.46. The monoisotopic (exact) mass is 507 g/mol. The minimum Gasteiger partial charge on any atom is -0.497 e. The highest BCUT2D eigenvalue weighted by molar-refractivity contribution is 7.92. The fraction of sp³-hybridized carbons (Fsp3) is 0.304. The molecule has 184 valence electrons. The molecule has 0 atom stereocenters. The summed E-state index contributed by atoms with van der Waals surface area (Å²) < 4.78 is 43.4. The normalized spacial score (nSPS) is 11.1. The lowest BCUT2D eigenvalue weighted by molar-refractivity contribution is -0.116. The lowest BCUT2D eigenvalue weighted by Gasteiger charge is -2.14. The second kappa shape index (κ2) is 12.8. The number of nitrogens with one attached hydrogen (secondary N) is 3. The van der Waals surface area contributed by atoms with Gasteiger partial charge in [0.25, 0.3) is 10.0 Å². The number of ether oxygens (including phenoxy) is 3. The largest absolute Gasteiger partial charge is 0.497 e. The van der Waals surface area contributed by atoms with Crippen molar-refractivity contribution < 1.29 is 27.4 Å². The molecule has 0 saturated heterocycles. The SMILES string of the molecule is CCNC(=S)NS(=O)(=O)c1cc(CCNC(=O)C=Cc2ccc(OC)cc2OC)ccc1OC. The van der Waals surface area contributed by atoms with Crippen molar-refractivity contribution in [1.82, 2.24) is 15.4 Å². The molecule has 2 rings (SSSR count). The molecule has 0 saturated carbocycles. The Labute approximate surface area is 205 Å². The van der Waals surface area contributed by atoms with Crippen molar-refractivity contribution in [3.8, 4) is 17.2 Å². The molecule has 0 heterocycles. The van der Waals surface area contributed by atoms with Gasteiger partial charge in [-0.05, 0) is 61.5 Å². The van der Waals surface area contributed by atoms with E-state index in [0.29, 0.717) is 36.6 Å². The van der Waals surface area contributed by atoms with Crippen LogP contribution < -0.4 is 29.6 Å². The van der Waals surface area contributed by atoms with Crippen LogP contribution in [0, 0.1) is 0 Å². The van der Waals surface area contributed by atoms with E-state index in [-0.39, 0.29) is 21.7 Å². The van der Waals surface area contributed by atoms with Gasteiger partial charge < -0.3 is 24.8 Å². The van der Waals surface area contributed by atoms with E-state index in [4.69, 9.17) is 26.4 Å². The molecule has 0 unspecified atom stereocenters. The van der Waals surface area contributed by atoms with Crippen LogP contribution in [0.5, 0.6) is 17.2 Å². The Balaban J connectivity index is 2.03. The van der Waals surface area contributed by atoms with E-state index in [1.165, 1.54) is 19.3 Å². The summed E-state index contributed by atoms with van der Waals surface area (Å²) in [5.74, 6) is 1.13. The highest BCUT2D eigenvalue weighted by Crippen LogP contribution is 2.26. The van der Waals surface area contributed by atoms with Crippen LogP contribution in [0.2, 0.25) is 0 Å². The summed E-state index contributed by atoms with van der Waals surface area (Å²) in [6, 6.07) is 10.1. The number of methoxy groups -OCH3 is 3. The van der Waals surface area contributed by atoms with E-state index in [0.717, 1.165) is 5.56 Å². The average molecular weight is 508 g/mol. The van der Waals surface area contributed by atoms with Crippen LogP contribution in [0.25, 0.3) is 6.08 Å². The van der Waals surface area contributed by atoms with E-state index >= 15 is 0 Å². The molecule has 11 heteroatoms. The number of hydrogen-bond acceptors (Lipinski definition) is 7. The first kappa shape index (κ1) is 26.9. The van der Waals surface area contributed by atoms with Crippen molar-refractivity contribution in [3.05, 3.63) is 53.6 Å². The molecule has 34 heavy (non-hydrogen) atoms. The van der Waals surface area contributed by atoms with Gasteiger partial charge >= 0.3 is 0 Å². The van der Waals surface area contributed by atoms with E-state index in [2.05, 4.69) is 15.4 Å². The molecule has 0 aliphatic rings. The van der Waals surface area contributed by atoms with Crippen molar-refractivity contribution in [1.29, 1.82) is 0 Å². The molecular weight excluding hydrogens is 478 g/mol. The molecule has 1 amide bonds. The molecule has 0 fully saturated rings. The van der Waals surface area contributed by atoms with Crippen molar-refractivity contribution in [2.24, 2.45) is 0 Å². The Morgan fingerprint density at radius 3 is 2.38 bits per heavy atom. The molecule has 2 aromatic rings. The van der Waals surface area contributed by atoms with Gasteiger partial charge in [-0.25, -0.2) is 8.42 Å². The smallest absolute Gasteiger partial charge is 0.267 e. The van der Waals surface area contributed by atoms with Gasteiger partial charge in [0.05, 0.1) is 21.3 Å². The highest BCUT2D eigenvalue weighted by atomic mass is 32.2. The van der Waals surface area contributed by atoms with Gasteiger partial charge in [-0.15, -0.1) is 0 Å². The van der Waals surface area contributed by atoms with Crippen LogP contribution in [0.15, 0.2) is 47.4 Å². The van der Waals surface area contributed by atoms with Crippen LogP contribution in [-0.2, 0) is 21.2 Å². The predicted molar refractivity (Wildman–Crippen MR) is 135 cm³/mol. The van der Waals surface area contributed by atoms with Crippen LogP contribution in [0.4, 0.5) is 0 Å². The number of amides is 1. The summed E-state index contributed by atoms with van der Waals surface area (Å²) in [4.78, 5) is 12.2. The van der Waals surface area contributed by atoms with Crippen LogP contribution in [0.1, 0.15) is 18.1 Å². The third-order valence-corrected chi connectivity index (χ3v) is 6.40. The first-order valence-corrected chi connectivity index (χ1v) is 12.3. The minimum atomic E-state index is -3.94. The van der Waals surface area contributed by atoms with Gasteiger partial charge in [-0.2, -0.15) is 0 Å². The van der Waals surface area contributed by atoms with E-state index < -0.39 is 10.0 Å². The summed E-state index contributed by atoms with van der Waals surface area (Å²) >= 11 is 4.99. The topological polar surface area (TPSA) is 115 Å². The van der Waals surface area contributed by atoms with Gasteiger partial charge in [-0.1, -0.05) is 6.07 Å². The molecular formula is C23H29N3O6S2. The summed E-state index contributed by atoms with van der Waals surface area (Å²) in [5, 5.41) is 5.52. The predicted octanol–water partition coefficient (Wildman–Crippen LogP) is 2.26. The van der Waals surface area contributed by atoms with Gasteiger partial charge in [0.1, 0.15) is 22.1 Å².